The van der Waals surface area contributed by atoms with Crippen LogP contribution in [0.25, 0.3) is 0 Å². The molecule has 0 saturated carbocycles. The van der Waals surface area contributed by atoms with Crippen LogP contribution in [0.4, 0.5) is 0 Å². The van der Waals surface area contributed by atoms with E-state index in [2.05, 4.69) is 18.3 Å². The monoisotopic (exact) mass is 279 g/mol. The molecule has 1 aromatic rings. The topological polar surface area (TPSA) is 47.6 Å². The van der Waals surface area contributed by atoms with Crippen LogP contribution in [0.5, 0.6) is 0 Å². The van der Waals surface area contributed by atoms with Gasteiger partial charge in [0.1, 0.15) is 6.04 Å². The average molecular weight is 279 g/mol. The smallest absolute Gasteiger partial charge is 0.322 e. The summed E-state index contributed by atoms with van der Waals surface area (Å²) < 4.78 is 9.96. The molecule has 1 atom stereocenters. The fourth-order valence-corrected chi connectivity index (χ4v) is 2.09. The predicted molar refractivity (Wildman–Crippen MR) is 79.3 cm³/mol. The van der Waals surface area contributed by atoms with E-state index in [-0.39, 0.29) is 12.0 Å². The van der Waals surface area contributed by atoms with Crippen molar-refractivity contribution >= 4 is 5.97 Å². The molecule has 0 aliphatic heterocycles. The van der Waals surface area contributed by atoms with Gasteiger partial charge in [-0.25, -0.2) is 0 Å². The maximum atomic E-state index is 11.7. The maximum Gasteiger partial charge on any atom is 0.322 e. The van der Waals surface area contributed by atoms with Gasteiger partial charge in [-0.05, 0) is 17.5 Å². The summed E-state index contributed by atoms with van der Waals surface area (Å²) in [4.78, 5) is 11.7. The minimum Gasteiger partial charge on any atom is -0.468 e. The number of nitrogens with one attached hydrogen (secondary N) is 1. The van der Waals surface area contributed by atoms with Crippen molar-refractivity contribution in [3.05, 3.63) is 35.4 Å². The molecular formula is C16H25NO3. The standard InChI is InChI=1S/C16H25NO3/c1-4-5-9-15(16(18)20-3)17-11-13-7-6-8-14(10-13)12-19-2/h6-8,10,15,17H,4-5,9,11-12H2,1-3H3. The summed E-state index contributed by atoms with van der Waals surface area (Å²) in [5, 5.41) is 3.28. The molecule has 20 heavy (non-hydrogen) atoms. The van der Waals surface area contributed by atoms with Crippen molar-refractivity contribution in [3.8, 4) is 0 Å². The quantitative estimate of drug-likeness (QED) is 0.706. The second-order valence-electron chi connectivity index (χ2n) is 4.85. The lowest BCUT2D eigenvalue weighted by Gasteiger charge is -2.16. The summed E-state index contributed by atoms with van der Waals surface area (Å²) in [5.74, 6) is -0.188. The van der Waals surface area contributed by atoms with Crippen molar-refractivity contribution in [2.24, 2.45) is 0 Å². The highest BCUT2D eigenvalue weighted by Gasteiger charge is 2.17. The number of benzene rings is 1. The second-order valence-corrected chi connectivity index (χ2v) is 4.85. The molecule has 1 aromatic carbocycles. The summed E-state index contributed by atoms with van der Waals surface area (Å²) in [5.41, 5.74) is 2.28. The molecule has 112 valence electrons. The Labute approximate surface area is 121 Å². The Morgan fingerprint density at radius 1 is 1.30 bits per heavy atom. The zero-order valence-electron chi connectivity index (χ0n) is 12.6. The molecule has 4 heteroatoms. The Kier molecular flexibility index (Phi) is 7.92. The molecule has 0 bridgehead atoms. The van der Waals surface area contributed by atoms with Gasteiger partial charge in [0.2, 0.25) is 0 Å². The SMILES string of the molecule is CCCCC(NCc1cccc(COC)c1)C(=O)OC. The largest absolute Gasteiger partial charge is 0.468 e. The van der Waals surface area contributed by atoms with Gasteiger partial charge in [0.05, 0.1) is 13.7 Å². The molecule has 0 amide bonds. The Bertz CT molecular complexity index is 406. The number of carbonyl (C=O) groups excluding carboxylic acids is 1. The van der Waals surface area contributed by atoms with Crippen molar-refractivity contribution in [3.63, 3.8) is 0 Å². The summed E-state index contributed by atoms with van der Waals surface area (Å²) in [6, 6.07) is 7.93. The van der Waals surface area contributed by atoms with E-state index in [0.29, 0.717) is 13.2 Å². The Morgan fingerprint density at radius 2 is 2.05 bits per heavy atom. The van der Waals surface area contributed by atoms with Crippen molar-refractivity contribution in [2.75, 3.05) is 14.2 Å². The van der Waals surface area contributed by atoms with Gasteiger partial charge in [0.25, 0.3) is 0 Å². The average Bonchev–Trinajstić information content (AvgIpc) is 2.47. The Hall–Kier alpha value is -1.39. The van der Waals surface area contributed by atoms with E-state index in [1.807, 2.05) is 18.2 Å². The van der Waals surface area contributed by atoms with Gasteiger partial charge in [-0.2, -0.15) is 0 Å². The molecule has 0 spiro atoms. The second kappa shape index (κ2) is 9.50. The molecule has 0 saturated heterocycles. The molecule has 0 radical (unpaired) electrons. The van der Waals surface area contributed by atoms with Crippen LogP contribution in [0.2, 0.25) is 0 Å². The highest BCUT2D eigenvalue weighted by molar-refractivity contribution is 5.75. The zero-order valence-corrected chi connectivity index (χ0v) is 12.6. The first-order chi connectivity index (χ1) is 9.71. The Morgan fingerprint density at radius 3 is 2.70 bits per heavy atom. The highest BCUT2D eigenvalue weighted by Crippen LogP contribution is 2.08. The first-order valence-electron chi connectivity index (χ1n) is 7.09. The molecule has 1 unspecified atom stereocenters. The van der Waals surface area contributed by atoms with Crippen LogP contribution in [0.1, 0.15) is 37.3 Å². The lowest BCUT2D eigenvalue weighted by molar-refractivity contribution is -0.143. The highest BCUT2D eigenvalue weighted by atomic mass is 16.5. The van der Waals surface area contributed by atoms with E-state index in [1.54, 1.807) is 7.11 Å². The molecule has 0 heterocycles. The van der Waals surface area contributed by atoms with Crippen LogP contribution >= 0.6 is 0 Å². The van der Waals surface area contributed by atoms with Crippen molar-refractivity contribution in [2.45, 2.75) is 45.4 Å². The van der Waals surface area contributed by atoms with Gasteiger partial charge in [0.15, 0.2) is 0 Å². The van der Waals surface area contributed by atoms with Crippen LogP contribution < -0.4 is 5.32 Å². The maximum absolute atomic E-state index is 11.7. The normalized spacial score (nSPS) is 12.2. The number of hydrogen-bond acceptors (Lipinski definition) is 4. The van der Waals surface area contributed by atoms with Crippen molar-refractivity contribution in [1.82, 2.24) is 5.32 Å². The van der Waals surface area contributed by atoms with E-state index in [1.165, 1.54) is 7.11 Å². The molecule has 0 aliphatic rings. The first kappa shape index (κ1) is 16.7. The number of ether oxygens (including phenoxy) is 2. The third kappa shape index (κ3) is 5.72. The van der Waals surface area contributed by atoms with Gasteiger partial charge in [-0.1, -0.05) is 44.0 Å². The van der Waals surface area contributed by atoms with Crippen LogP contribution in [0, 0.1) is 0 Å². The number of esters is 1. The first-order valence-corrected chi connectivity index (χ1v) is 7.09. The van der Waals surface area contributed by atoms with Crippen LogP contribution in [0.3, 0.4) is 0 Å². The molecular weight excluding hydrogens is 254 g/mol. The lowest BCUT2D eigenvalue weighted by atomic mass is 10.1. The van der Waals surface area contributed by atoms with E-state index in [9.17, 15) is 4.79 Å². The summed E-state index contributed by atoms with van der Waals surface area (Å²) in [6.07, 6.45) is 2.88. The van der Waals surface area contributed by atoms with Crippen molar-refractivity contribution in [1.29, 1.82) is 0 Å². The molecule has 0 aromatic heterocycles. The van der Waals surface area contributed by atoms with Crippen molar-refractivity contribution < 1.29 is 14.3 Å². The predicted octanol–water partition coefficient (Wildman–Crippen LogP) is 2.65. The van der Waals surface area contributed by atoms with E-state index >= 15 is 0 Å². The fraction of sp³-hybridized carbons (Fsp3) is 0.562. The van der Waals surface area contributed by atoms with Crippen LogP contribution in [-0.2, 0) is 27.4 Å². The molecule has 1 rings (SSSR count). The van der Waals surface area contributed by atoms with E-state index < -0.39 is 0 Å². The summed E-state index contributed by atoms with van der Waals surface area (Å²) >= 11 is 0. The Balaban J connectivity index is 2.57. The number of hydrogen-bond donors (Lipinski definition) is 1. The third-order valence-corrected chi connectivity index (χ3v) is 3.19. The molecule has 4 nitrogen and oxygen atoms in total. The van der Waals surface area contributed by atoms with Gasteiger partial charge in [0, 0.05) is 13.7 Å². The molecule has 0 fully saturated rings. The van der Waals surface area contributed by atoms with E-state index in [4.69, 9.17) is 9.47 Å². The number of methoxy groups -OCH3 is 2. The fourth-order valence-electron chi connectivity index (χ4n) is 2.09. The van der Waals surface area contributed by atoms with Crippen LogP contribution in [0.15, 0.2) is 24.3 Å². The molecule has 1 N–H and O–H groups in total. The van der Waals surface area contributed by atoms with Gasteiger partial charge in [-0.15, -0.1) is 0 Å². The molecule has 0 aliphatic carbocycles. The number of rotatable bonds is 9. The van der Waals surface area contributed by atoms with Gasteiger partial charge < -0.3 is 14.8 Å². The number of carbonyl (C=O) groups is 1. The van der Waals surface area contributed by atoms with Gasteiger partial charge in [-0.3, -0.25) is 4.79 Å². The summed E-state index contributed by atoms with van der Waals surface area (Å²) in [7, 11) is 3.12. The third-order valence-electron chi connectivity index (χ3n) is 3.19. The van der Waals surface area contributed by atoms with Crippen LogP contribution in [-0.4, -0.2) is 26.2 Å². The van der Waals surface area contributed by atoms with Gasteiger partial charge >= 0.3 is 5.97 Å². The lowest BCUT2D eigenvalue weighted by Crippen LogP contribution is -2.37. The number of unbranched alkanes of at least 4 members (excludes halogenated alkanes) is 1. The minimum atomic E-state index is -0.231. The zero-order chi connectivity index (χ0) is 14.8. The minimum absolute atomic E-state index is 0.188. The van der Waals surface area contributed by atoms with E-state index in [0.717, 1.165) is 30.4 Å². The summed E-state index contributed by atoms with van der Waals surface area (Å²) in [6.45, 7) is 3.37.